The van der Waals surface area contributed by atoms with E-state index >= 15 is 0 Å². The van der Waals surface area contributed by atoms with Crippen molar-refractivity contribution in [3.63, 3.8) is 0 Å². The number of fused-ring (bicyclic) bond motifs is 2. The summed E-state index contributed by atoms with van der Waals surface area (Å²) in [5, 5.41) is 0. The molecule has 0 unspecified atom stereocenters. The van der Waals surface area contributed by atoms with Crippen molar-refractivity contribution in [2.45, 2.75) is 6.92 Å². The van der Waals surface area contributed by atoms with Gasteiger partial charge >= 0.3 is 0 Å². The Labute approximate surface area is 198 Å². The number of aromatic nitrogens is 4. The highest BCUT2D eigenvalue weighted by molar-refractivity contribution is 5.87. The molecule has 7 heteroatoms. The third-order valence-electron chi connectivity index (χ3n) is 6.77. The molecule has 5 aromatic rings. The molecule has 3 heterocycles. The molecule has 0 amide bonds. The van der Waals surface area contributed by atoms with E-state index in [1.54, 1.807) is 7.11 Å². The minimum atomic E-state index is 0.832. The monoisotopic (exact) mass is 452 g/mol. The van der Waals surface area contributed by atoms with Gasteiger partial charge in [0.05, 0.1) is 29.2 Å². The molecule has 172 valence electrons. The molecule has 1 aliphatic rings. The Hall–Kier alpha value is -3.84. The lowest BCUT2D eigenvalue weighted by Gasteiger charge is -2.35. The number of nitrogens with one attached hydrogen (secondary N) is 2. The second kappa shape index (κ2) is 8.50. The number of ether oxygens (including phenoxy) is 1. The summed E-state index contributed by atoms with van der Waals surface area (Å²) >= 11 is 0. The molecular weight excluding hydrogens is 424 g/mol. The van der Waals surface area contributed by atoms with Crippen molar-refractivity contribution >= 4 is 27.8 Å². The van der Waals surface area contributed by atoms with Gasteiger partial charge in [0, 0.05) is 43.0 Å². The van der Waals surface area contributed by atoms with E-state index in [9.17, 15) is 0 Å². The van der Waals surface area contributed by atoms with Gasteiger partial charge in [-0.25, -0.2) is 9.97 Å². The first kappa shape index (κ1) is 20.7. The van der Waals surface area contributed by atoms with Gasteiger partial charge in [0.25, 0.3) is 0 Å². The minimum Gasteiger partial charge on any atom is -0.497 e. The first-order valence-electron chi connectivity index (χ1n) is 11.8. The maximum Gasteiger partial charge on any atom is 0.138 e. The Morgan fingerprint density at radius 1 is 0.765 bits per heavy atom. The first-order valence-corrected chi connectivity index (χ1v) is 11.8. The summed E-state index contributed by atoms with van der Waals surface area (Å²) in [5.74, 6) is 2.54. The number of piperazine rings is 1. The van der Waals surface area contributed by atoms with Gasteiger partial charge < -0.3 is 24.5 Å². The van der Waals surface area contributed by atoms with Crippen molar-refractivity contribution in [3.05, 3.63) is 60.7 Å². The van der Waals surface area contributed by atoms with Crippen LogP contribution < -0.4 is 9.64 Å². The Bertz CT molecular complexity index is 1440. The topological polar surface area (TPSA) is 73.1 Å². The molecule has 0 atom stereocenters. The summed E-state index contributed by atoms with van der Waals surface area (Å²) in [6.45, 7) is 7.71. The Morgan fingerprint density at radius 3 is 2.06 bits per heavy atom. The van der Waals surface area contributed by atoms with Crippen LogP contribution in [0.2, 0.25) is 0 Å². The van der Waals surface area contributed by atoms with E-state index in [2.05, 4.69) is 57.0 Å². The van der Waals surface area contributed by atoms with Crippen LogP contribution in [-0.2, 0) is 0 Å². The highest BCUT2D eigenvalue weighted by Crippen LogP contribution is 2.28. The molecule has 1 saturated heterocycles. The predicted octanol–water partition coefficient (Wildman–Crippen LogP) is 4.92. The van der Waals surface area contributed by atoms with Crippen LogP contribution in [0.3, 0.4) is 0 Å². The van der Waals surface area contributed by atoms with E-state index in [0.717, 1.165) is 83.3 Å². The van der Waals surface area contributed by atoms with E-state index in [1.807, 2.05) is 30.3 Å². The molecule has 0 radical (unpaired) electrons. The van der Waals surface area contributed by atoms with Crippen LogP contribution in [0.25, 0.3) is 44.8 Å². The summed E-state index contributed by atoms with van der Waals surface area (Å²) in [6, 6.07) is 20.7. The second-order valence-electron chi connectivity index (χ2n) is 8.75. The maximum absolute atomic E-state index is 5.26. The number of nitrogens with zero attached hydrogens (tertiary/aromatic N) is 4. The van der Waals surface area contributed by atoms with Gasteiger partial charge in [-0.3, -0.25) is 0 Å². The molecule has 1 aliphatic heterocycles. The van der Waals surface area contributed by atoms with Crippen molar-refractivity contribution in [2.24, 2.45) is 0 Å². The predicted molar refractivity (Wildman–Crippen MR) is 137 cm³/mol. The van der Waals surface area contributed by atoms with Gasteiger partial charge in [0.2, 0.25) is 0 Å². The lowest BCUT2D eigenvalue weighted by atomic mass is 10.2. The summed E-state index contributed by atoms with van der Waals surface area (Å²) in [7, 11) is 1.67. The van der Waals surface area contributed by atoms with Crippen LogP contribution in [0.15, 0.2) is 60.7 Å². The van der Waals surface area contributed by atoms with Crippen LogP contribution in [0, 0.1) is 0 Å². The molecule has 34 heavy (non-hydrogen) atoms. The van der Waals surface area contributed by atoms with Gasteiger partial charge in [-0.1, -0.05) is 6.92 Å². The van der Waals surface area contributed by atoms with E-state index < -0.39 is 0 Å². The quantitative estimate of drug-likeness (QED) is 0.396. The smallest absolute Gasteiger partial charge is 0.138 e. The number of aromatic amines is 2. The number of benzene rings is 3. The van der Waals surface area contributed by atoms with Crippen molar-refractivity contribution in [1.82, 2.24) is 24.8 Å². The molecule has 0 bridgehead atoms. The molecule has 2 aromatic heterocycles. The number of H-pyrrole nitrogens is 2. The number of hydrogen-bond donors (Lipinski definition) is 2. The number of anilines is 1. The standard InChI is InChI=1S/C27H28N6O/c1-3-32-12-14-33(15-13-32)20-7-11-23-25(17-20)31-27(29-23)19-6-10-22-24(16-19)30-26(28-22)18-4-8-21(34-2)9-5-18/h4-11,16-17H,3,12-15H2,1-2H3,(H,28,30)(H,29,31). The fourth-order valence-corrected chi connectivity index (χ4v) is 4.70. The summed E-state index contributed by atoms with van der Waals surface area (Å²) in [5.41, 5.74) is 7.27. The number of rotatable bonds is 5. The van der Waals surface area contributed by atoms with E-state index in [4.69, 9.17) is 14.7 Å². The van der Waals surface area contributed by atoms with Crippen LogP contribution in [0.1, 0.15) is 6.92 Å². The number of methoxy groups -OCH3 is 1. The third kappa shape index (κ3) is 3.78. The van der Waals surface area contributed by atoms with E-state index in [-0.39, 0.29) is 0 Å². The summed E-state index contributed by atoms with van der Waals surface area (Å²) in [6.07, 6.45) is 0. The Morgan fingerprint density at radius 2 is 1.38 bits per heavy atom. The Kier molecular flexibility index (Phi) is 5.19. The number of hydrogen-bond acceptors (Lipinski definition) is 5. The highest BCUT2D eigenvalue weighted by atomic mass is 16.5. The van der Waals surface area contributed by atoms with E-state index in [1.165, 1.54) is 5.69 Å². The molecule has 7 nitrogen and oxygen atoms in total. The molecule has 0 spiro atoms. The van der Waals surface area contributed by atoms with Crippen molar-refractivity contribution in [1.29, 1.82) is 0 Å². The van der Waals surface area contributed by atoms with Crippen molar-refractivity contribution in [3.8, 4) is 28.5 Å². The maximum atomic E-state index is 5.26. The van der Waals surface area contributed by atoms with Crippen molar-refractivity contribution in [2.75, 3.05) is 44.7 Å². The lowest BCUT2D eigenvalue weighted by Crippen LogP contribution is -2.46. The second-order valence-corrected chi connectivity index (χ2v) is 8.75. The first-order chi connectivity index (χ1) is 16.7. The zero-order valence-electron chi connectivity index (χ0n) is 19.5. The van der Waals surface area contributed by atoms with Crippen LogP contribution >= 0.6 is 0 Å². The molecule has 0 aliphatic carbocycles. The average Bonchev–Trinajstić information content (AvgIpc) is 3.52. The third-order valence-corrected chi connectivity index (χ3v) is 6.77. The zero-order chi connectivity index (χ0) is 23.1. The SMILES string of the molecule is CCN1CCN(c2ccc3nc(-c4ccc5nc(-c6ccc(OC)cc6)[nH]c5c4)[nH]c3c2)CC1. The largest absolute Gasteiger partial charge is 0.497 e. The van der Waals surface area contributed by atoms with Crippen LogP contribution in [0.4, 0.5) is 5.69 Å². The van der Waals surface area contributed by atoms with E-state index in [0.29, 0.717) is 0 Å². The van der Waals surface area contributed by atoms with Gasteiger partial charge in [-0.05, 0) is 67.2 Å². The summed E-state index contributed by atoms with van der Waals surface area (Å²) in [4.78, 5) is 21.5. The van der Waals surface area contributed by atoms with Crippen LogP contribution in [-0.4, -0.2) is 64.7 Å². The molecule has 1 fully saturated rings. The molecule has 3 aromatic carbocycles. The minimum absolute atomic E-state index is 0.832. The van der Waals surface area contributed by atoms with Crippen LogP contribution in [0.5, 0.6) is 5.75 Å². The fourth-order valence-electron chi connectivity index (χ4n) is 4.70. The Balaban J connectivity index is 1.28. The average molecular weight is 453 g/mol. The van der Waals surface area contributed by atoms with Gasteiger partial charge in [0.1, 0.15) is 17.4 Å². The number of likely N-dealkylation sites (N-methyl/N-ethyl adjacent to an activating group) is 1. The molecule has 6 rings (SSSR count). The van der Waals surface area contributed by atoms with Gasteiger partial charge in [-0.2, -0.15) is 0 Å². The number of imidazole rings is 2. The molecular formula is C27H28N6O. The summed E-state index contributed by atoms with van der Waals surface area (Å²) < 4.78 is 5.26. The van der Waals surface area contributed by atoms with Gasteiger partial charge in [-0.15, -0.1) is 0 Å². The molecule has 2 N–H and O–H groups in total. The van der Waals surface area contributed by atoms with Crippen molar-refractivity contribution < 1.29 is 4.74 Å². The van der Waals surface area contributed by atoms with Gasteiger partial charge in [0.15, 0.2) is 0 Å². The highest BCUT2D eigenvalue weighted by Gasteiger charge is 2.17. The lowest BCUT2D eigenvalue weighted by molar-refractivity contribution is 0.271. The normalized spacial score (nSPS) is 14.8. The zero-order valence-corrected chi connectivity index (χ0v) is 19.5. The molecule has 0 saturated carbocycles. The fraction of sp³-hybridized carbons (Fsp3) is 0.259.